The van der Waals surface area contributed by atoms with Crippen molar-refractivity contribution in [1.82, 2.24) is 4.90 Å². The van der Waals surface area contributed by atoms with Crippen molar-refractivity contribution in [2.75, 3.05) is 20.8 Å². The number of rotatable bonds is 4. The van der Waals surface area contributed by atoms with Gasteiger partial charge in [0.25, 0.3) is 5.91 Å². The maximum atomic E-state index is 13.3. The highest BCUT2D eigenvalue weighted by atomic mass is 35.5. The van der Waals surface area contributed by atoms with Gasteiger partial charge in [-0.25, -0.2) is 0 Å². The zero-order valence-corrected chi connectivity index (χ0v) is 17.2. The van der Waals surface area contributed by atoms with E-state index in [9.17, 15) is 4.79 Å². The van der Waals surface area contributed by atoms with Crippen molar-refractivity contribution < 1.29 is 14.3 Å². The smallest absolute Gasteiger partial charge is 0.254 e. The lowest BCUT2D eigenvalue weighted by Crippen LogP contribution is -2.40. The average Bonchev–Trinajstić information content (AvgIpc) is 3.26. The third-order valence-electron chi connectivity index (χ3n) is 5.04. The molecular formula is C22H20ClNO3S. The van der Waals surface area contributed by atoms with E-state index in [0.717, 1.165) is 16.9 Å². The highest BCUT2D eigenvalue weighted by molar-refractivity contribution is 7.10. The molecule has 0 N–H and O–H groups in total. The molecule has 0 saturated carbocycles. The number of carbonyl (C=O) groups excluding carboxylic acids is 1. The Bertz CT molecular complexity index is 986. The minimum Gasteiger partial charge on any atom is -0.493 e. The van der Waals surface area contributed by atoms with Crippen LogP contribution in [0.15, 0.2) is 53.9 Å². The molecule has 1 amide bonds. The summed E-state index contributed by atoms with van der Waals surface area (Å²) in [5.41, 5.74) is 2.89. The zero-order chi connectivity index (χ0) is 19.7. The molecule has 0 spiro atoms. The monoisotopic (exact) mass is 413 g/mol. The molecule has 1 aliphatic rings. The number of fused-ring (bicyclic) bond motifs is 1. The molecule has 3 aromatic rings. The summed E-state index contributed by atoms with van der Waals surface area (Å²) in [4.78, 5) is 16.4. The molecule has 2 aromatic carbocycles. The van der Waals surface area contributed by atoms with Gasteiger partial charge in [0.15, 0.2) is 11.5 Å². The fourth-order valence-corrected chi connectivity index (χ4v) is 4.66. The van der Waals surface area contributed by atoms with Gasteiger partial charge in [-0.3, -0.25) is 4.79 Å². The zero-order valence-electron chi connectivity index (χ0n) is 15.6. The van der Waals surface area contributed by atoms with Gasteiger partial charge in [0, 0.05) is 22.0 Å². The summed E-state index contributed by atoms with van der Waals surface area (Å²) >= 11 is 7.64. The van der Waals surface area contributed by atoms with Crippen molar-refractivity contribution in [2.24, 2.45) is 0 Å². The highest BCUT2D eigenvalue weighted by Crippen LogP contribution is 2.42. The first-order valence-corrected chi connectivity index (χ1v) is 10.2. The molecule has 0 bridgehead atoms. The number of ether oxygens (including phenoxy) is 2. The van der Waals surface area contributed by atoms with E-state index in [0.29, 0.717) is 28.6 Å². The molecule has 1 aromatic heterocycles. The third-order valence-corrected chi connectivity index (χ3v) is 6.22. The molecule has 1 atom stereocenters. The predicted molar refractivity (Wildman–Crippen MR) is 112 cm³/mol. The van der Waals surface area contributed by atoms with Crippen LogP contribution in [0.5, 0.6) is 11.5 Å². The van der Waals surface area contributed by atoms with E-state index < -0.39 is 0 Å². The average molecular weight is 414 g/mol. The number of amides is 1. The van der Waals surface area contributed by atoms with E-state index >= 15 is 0 Å². The number of methoxy groups -OCH3 is 2. The first kappa shape index (κ1) is 18.8. The summed E-state index contributed by atoms with van der Waals surface area (Å²) in [6, 6.07) is 15.0. The van der Waals surface area contributed by atoms with Crippen molar-refractivity contribution in [3.8, 4) is 11.5 Å². The molecular weight excluding hydrogens is 394 g/mol. The Labute approximate surface area is 173 Å². The second kappa shape index (κ2) is 7.86. The Morgan fingerprint density at radius 3 is 2.46 bits per heavy atom. The number of hydrogen-bond donors (Lipinski definition) is 0. The van der Waals surface area contributed by atoms with Crippen LogP contribution in [0.4, 0.5) is 0 Å². The molecule has 6 heteroatoms. The van der Waals surface area contributed by atoms with Crippen LogP contribution in [0.3, 0.4) is 0 Å². The second-order valence-electron chi connectivity index (χ2n) is 6.58. The Kier molecular flexibility index (Phi) is 5.29. The topological polar surface area (TPSA) is 38.8 Å². The Hall–Kier alpha value is -2.50. The standard InChI is InChI=1S/C22H20ClNO3S/c1-26-18-12-15-9-10-24(22(25)14-5-7-16(23)8-6-14)21(20-4-3-11-28-20)17(15)13-19(18)27-2/h3-8,11-13,21H,9-10H2,1-2H3. The van der Waals surface area contributed by atoms with Gasteiger partial charge < -0.3 is 14.4 Å². The van der Waals surface area contributed by atoms with Crippen LogP contribution >= 0.6 is 22.9 Å². The van der Waals surface area contributed by atoms with E-state index in [-0.39, 0.29) is 11.9 Å². The molecule has 2 heterocycles. The highest BCUT2D eigenvalue weighted by Gasteiger charge is 2.34. The van der Waals surface area contributed by atoms with Gasteiger partial charge in [-0.05, 0) is 65.4 Å². The van der Waals surface area contributed by atoms with Crippen LogP contribution in [0, 0.1) is 0 Å². The summed E-state index contributed by atoms with van der Waals surface area (Å²) in [7, 11) is 3.27. The molecule has 0 saturated heterocycles. The minimum absolute atomic E-state index is 0.00417. The van der Waals surface area contributed by atoms with Crippen LogP contribution < -0.4 is 9.47 Å². The molecule has 4 rings (SSSR count). The third kappa shape index (κ3) is 3.36. The number of halogens is 1. The maximum Gasteiger partial charge on any atom is 0.254 e. The Morgan fingerprint density at radius 2 is 1.82 bits per heavy atom. The number of carbonyl (C=O) groups is 1. The van der Waals surface area contributed by atoms with Crippen molar-refractivity contribution in [1.29, 1.82) is 0 Å². The molecule has 144 valence electrons. The van der Waals surface area contributed by atoms with Gasteiger partial charge in [0.1, 0.15) is 0 Å². The Morgan fingerprint density at radius 1 is 1.11 bits per heavy atom. The fraction of sp³-hybridized carbons (Fsp3) is 0.227. The molecule has 28 heavy (non-hydrogen) atoms. The first-order chi connectivity index (χ1) is 13.6. The summed E-state index contributed by atoms with van der Waals surface area (Å²) < 4.78 is 11.0. The normalized spacial score (nSPS) is 15.8. The quantitative estimate of drug-likeness (QED) is 0.589. The van der Waals surface area contributed by atoms with Crippen LogP contribution in [0.25, 0.3) is 0 Å². The molecule has 0 aliphatic carbocycles. The largest absolute Gasteiger partial charge is 0.493 e. The first-order valence-electron chi connectivity index (χ1n) is 8.97. The van der Waals surface area contributed by atoms with E-state index in [1.807, 2.05) is 28.5 Å². The van der Waals surface area contributed by atoms with Crippen LogP contribution in [-0.2, 0) is 6.42 Å². The van der Waals surface area contributed by atoms with Crippen molar-refractivity contribution in [3.05, 3.63) is 80.5 Å². The van der Waals surface area contributed by atoms with Crippen molar-refractivity contribution >= 4 is 28.8 Å². The van der Waals surface area contributed by atoms with Gasteiger partial charge >= 0.3 is 0 Å². The molecule has 0 radical (unpaired) electrons. The fourth-order valence-electron chi connectivity index (χ4n) is 3.68. The van der Waals surface area contributed by atoms with Gasteiger partial charge in [-0.15, -0.1) is 11.3 Å². The summed E-state index contributed by atoms with van der Waals surface area (Å²) in [5, 5.41) is 2.65. The number of benzene rings is 2. The summed E-state index contributed by atoms with van der Waals surface area (Å²) in [6.45, 7) is 0.631. The molecule has 4 nitrogen and oxygen atoms in total. The summed E-state index contributed by atoms with van der Waals surface area (Å²) in [5.74, 6) is 1.38. The number of hydrogen-bond acceptors (Lipinski definition) is 4. The van der Waals surface area contributed by atoms with Gasteiger partial charge in [0.05, 0.1) is 20.3 Å². The van der Waals surface area contributed by atoms with E-state index in [1.54, 1.807) is 49.8 Å². The van der Waals surface area contributed by atoms with Gasteiger partial charge in [-0.1, -0.05) is 17.7 Å². The molecule has 0 fully saturated rings. The van der Waals surface area contributed by atoms with Crippen LogP contribution in [-0.4, -0.2) is 31.6 Å². The SMILES string of the molecule is COc1cc2c(cc1OC)C(c1cccs1)N(C(=O)c1ccc(Cl)cc1)CC2. The minimum atomic E-state index is -0.160. The van der Waals surface area contributed by atoms with Gasteiger partial charge in [0.2, 0.25) is 0 Å². The van der Waals surface area contributed by atoms with Crippen molar-refractivity contribution in [2.45, 2.75) is 12.5 Å². The lowest BCUT2D eigenvalue weighted by atomic mass is 9.90. The van der Waals surface area contributed by atoms with E-state index in [4.69, 9.17) is 21.1 Å². The maximum absolute atomic E-state index is 13.3. The van der Waals surface area contributed by atoms with Crippen LogP contribution in [0.2, 0.25) is 5.02 Å². The second-order valence-corrected chi connectivity index (χ2v) is 8.00. The van der Waals surface area contributed by atoms with Crippen molar-refractivity contribution in [3.63, 3.8) is 0 Å². The molecule has 1 aliphatic heterocycles. The Balaban J connectivity index is 1.81. The van der Waals surface area contributed by atoms with Crippen LogP contribution in [0.1, 0.15) is 32.4 Å². The number of nitrogens with zero attached hydrogens (tertiary/aromatic N) is 1. The summed E-state index contributed by atoms with van der Waals surface area (Å²) in [6.07, 6.45) is 0.761. The van der Waals surface area contributed by atoms with E-state index in [1.165, 1.54) is 5.56 Å². The predicted octanol–water partition coefficient (Wildman–Crippen LogP) is 5.21. The lowest BCUT2D eigenvalue weighted by molar-refractivity contribution is 0.0697. The van der Waals surface area contributed by atoms with Gasteiger partial charge in [-0.2, -0.15) is 0 Å². The van der Waals surface area contributed by atoms with E-state index in [2.05, 4.69) is 6.07 Å². The molecule has 1 unspecified atom stereocenters. The number of thiophene rings is 1. The lowest BCUT2D eigenvalue weighted by Gasteiger charge is -2.37.